The summed E-state index contributed by atoms with van der Waals surface area (Å²) in [6.07, 6.45) is 29.8. The zero-order valence-corrected chi connectivity index (χ0v) is 41.8. The molecule has 18 nitrogen and oxygen atoms in total. The molecular weight excluding hydrogens is 901 g/mol. The summed E-state index contributed by atoms with van der Waals surface area (Å²) in [5, 5.41) is 27.2. The van der Waals surface area contributed by atoms with Gasteiger partial charge in [0.2, 0.25) is 0 Å². The number of nitrogens with zero attached hydrogens (tertiary/aromatic N) is 6. The van der Waals surface area contributed by atoms with E-state index in [-0.39, 0.29) is 48.1 Å². The van der Waals surface area contributed by atoms with Crippen LogP contribution in [0.2, 0.25) is 0 Å². The predicted octanol–water partition coefficient (Wildman–Crippen LogP) is 8.51. The Morgan fingerprint density at radius 1 is 0.522 bits per heavy atom. The third kappa shape index (κ3) is 11.7. The van der Waals surface area contributed by atoms with E-state index in [4.69, 9.17) is 30.9 Å². The fraction of sp³-hybridized carbons (Fsp3) is 0.957. The van der Waals surface area contributed by atoms with Crippen molar-refractivity contribution in [2.45, 2.75) is 241 Å². The third-order valence-corrected chi connectivity index (χ3v) is 19.6. The van der Waals surface area contributed by atoms with Gasteiger partial charge in [0, 0.05) is 64.5 Å². The Labute approximate surface area is 400 Å². The normalized spacial score (nSPS) is 40.3. The molecule has 10 fully saturated rings. The second-order valence-electron chi connectivity index (χ2n) is 22.0. The summed E-state index contributed by atoms with van der Waals surface area (Å²) in [5.74, 6) is 0.444. The molecule has 10 rings (SSSR count). The van der Waals surface area contributed by atoms with Gasteiger partial charge in [0.15, 0.2) is 0 Å². The maximum Gasteiger partial charge on any atom is 0.264 e. The Bertz CT molecular complexity index is 1890. The molecule has 67 heavy (non-hydrogen) atoms. The first-order valence-corrected chi connectivity index (χ1v) is 29.1. The first-order valence-electron chi connectivity index (χ1n) is 25.5. The highest BCUT2D eigenvalue weighted by Crippen LogP contribution is 2.56. The Balaban J connectivity index is 0.000000161. The second-order valence-corrected chi connectivity index (χ2v) is 25.2. The van der Waals surface area contributed by atoms with Gasteiger partial charge in [-0.1, -0.05) is 61.6 Å². The lowest BCUT2D eigenvalue weighted by Crippen LogP contribution is -2.46. The molecule has 20 heteroatoms. The molecule has 0 bridgehead atoms. The summed E-state index contributed by atoms with van der Waals surface area (Å²) in [4.78, 5) is 28.6. The smallest absolute Gasteiger partial charge is 0.264 e. The standard InChI is InChI=1S/C11H20O6S2.C9H14N6.C9H18N2.C9H16O2.C9H12O2.H2/c1-18(12,13)16-9-5-3-7-11(9)8-4-6-10(11)17-19(2,14)15;10-14-12-7-3-1-5-9(7)6-2-4-8(9)13-15-11;3*10-7-3-1-5-9(7)6-2-4-8(9)11;/h9-10H,3-8H2,1-2H3;7-8H,1-6H2;7-8H,1-6,10-11H2;7-8,10-11H,1-6H2;1-6H2;1H/t9-,10?,11?;3*7-,8?,9?;;/m1001../s1. The van der Waals surface area contributed by atoms with Crippen molar-refractivity contribution in [2.24, 2.45) is 48.8 Å². The van der Waals surface area contributed by atoms with E-state index in [0.717, 1.165) is 141 Å². The molecule has 6 N–H and O–H groups in total. The summed E-state index contributed by atoms with van der Waals surface area (Å²) < 4.78 is 55.7. The summed E-state index contributed by atoms with van der Waals surface area (Å²) >= 11 is 0. The van der Waals surface area contributed by atoms with Crippen LogP contribution in [0.5, 0.6) is 0 Å². The van der Waals surface area contributed by atoms with Crippen LogP contribution in [0.3, 0.4) is 0 Å². The quantitative estimate of drug-likeness (QED) is 0.0640. The topological polar surface area (TPSA) is 311 Å². The van der Waals surface area contributed by atoms with Crippen molar-refractivity contribution >= 4 is 31.8 Å². The van der Waals surface area contributed by atoms with Gasteiger partial charge in [-0.2, -0.15) is 16.8 Å². The highest BCUT2D eigenvalue weighted by Gasteiger charge is 2.56. The number of carbonyl (C=O) groups is 2. The number of aliphatic hydroxyl groups excluding tert-OH is 2. The predicted molar refractivity (Wildman–Crippen MR) is 256 cm³/mol. The number of aliphatic hydroxyl groups is 2. The van der Waals surface area contributed by atoms with Gasteiger partial charge in [-0.25, -0.2) is 0 Å². The zero-order valence-electron chi connectivity index (χ0n) is 40.1. The van der Waals surface area contributed by atoms with Gasteiger partial charge < -0.3 is 21.7 Å². The van der Waals surface area contributed by atoms with Crippen LogP contribution in [0.1, 0.15) is 194 Å². The minimum absolute atomic E-state index is 0. The molecule has 10 saturated carbocycles. The molecular formula is C47H82N8O10S2. The Morgan fingerprint density at radius 3 is 1.18 bits per heavy atom. The van der Waals surface area contributed by atoms with Crippen molar-refractivity contribution in [3.8, 4) is 0 Å². The second kappa shape index (κ2) is 22.4. The van der Waals surface area contributed by atoms with Crippen LogP contribution in [0.4, 0.5) is 0 Å². The molecule has 10 aliphatic carbocycles. The molecule has 382 valence electrons. The molecule has 12 atom stereocenters. The lowest BCUT2D eigenvalue weighted by molar-refractivity contribution is -0.136. The third-order valence-electron chi connectivity index (χ3n) is 18.5. The number of nitrogens with two attached hydrogens (primary N) is 2. The van der Waals surface area contributed by atoms with Crippen molar-refractivity contribution in [3.05, 3.63) is 20.9 Å². The van der Waals surface area contributed by atoms with Crippen molar-refractivity contribution in [1.29, 1.82) is 0 Å². The van der Waals surface area contributed by atoms with E-state index < -0.39 is 43.3 Å². The SMILES string of the molecule is CS(=O)(=O)OC1CCCC12CCC[C@H]2OS(C)(=O)=O.NC1CCCC12CCC[C@@H]2N.O=C1CCCC12CCCC2=O.OC1CCCC12CCC[C@H]2O.[HH].[N-]=[N+]=NC1CCCC12CCC[C@@H]2N=[N+]=[N-]. The van der Waals surface area contributed by atoms with Gasteiger partial charge in [0.1, 0.15) is 11.6 Å². The van der Waals surface area contributed by atoms with E-state index in [1.807, 2.05) is 0 Å². The van der Waals surface area contributed by atoms with E-state index in [2.05, 4.69) is 20.1 Å². The van der Waals surface area contributed by atoms with Crippen LogP contribution in [0.25, 0.3) is 20.9 Å². The summed E-state index contributed by atoms with van der Waals surface area (Å²) in [7, 11) is -7.09. The monoisotopic (exact) mass is 983 g/mol. The van der Waals surface area contributed by atoms with Gasteiger partial charge in [-0.05, 0) is 145 Å². The van der Waals surface area contributed by atoms with Crippen LogP contribution >= 0.6 is 0 Å². The molecule has 0 aromatic carbocycles. The van der Waals surface area contributed by atoms with E-state index in [9.17, 15) is 36.6 Å². The Morgan fingerprint density at radius 2 is 0.866 bits per heavy atom. The van der Waals surface area contributed by atoms with Crippen LogP contribution in [0, 0.1) is 27.1 Å². The Hall–Kier alpha value is -2.38. The molecule has 5 spiro atoms. The van der Waals surface area contributed by atoms with Crippen LogP contribution in [-0.4, -0.2) is 99.7 Å². The molecule has 0 heterocycles. The maximum atomic E-state index is 11.4. The van der Waals surface area contributed by atoms with Crippen molar-refractivity contribution in [3.63, 3.8) is 0 Å². The van der Waals surface area contributed by atoms with E-state index in [1.165, 1.54) is 38.5 Å². The van der Waals surface area contributed by atoms with Crippen LogP contribution in [-0.2, 0) is 38.2 Å². The van der Waals surface area contributed by atoms with Gasteiger partial charge in [0.25, 0.3) is 20.2 Å². The van der Waals surface area contributed by atoms with Gasteiger partial charge >= 0.3 is 0 Å². The average Bonchev–Trinajstić information content (AvgIpc) is 4.12. The molecule has 8 unspecified atom stereocenters. The molecule has 0 aromatic heterocycles. The fourth-order valence-corrected chi connectivity index (χ4v) is 16.5. The number of hydrogen-bond acceptors (Lipinski definition) is 14. The minimum atomic E-state index is -3.54. The largest absolute Gasteiger partial charge is 0.392 e. The first kappa shape index (κ1) is 54.0. The highest BCUT2D eigenvalue weighted by atomic mass is 32.2. The highest BCUT2D eigenvalue weighted by molar-refractivity contribution is 7.86. The summed E-state index contributed by atoms with van der Waals surface area (Å²) in [6.45, 7) is 0. The molecule has 10 aliphatic rings. The molecule has 0 radical (unpaired) electrons. The van der Waals surface area contributed by atoms with Gasteiger partial charge in [0.05, 0.1) is 42.3 Å². The van der Waals surface area contributed by atoms with E-state index >= 15 is 0 Å². The molecule has 0 aliphatic heterocycles. The lowest BCUT2D eigenvalue weighted by atomic mass is 9.78. The number of Topliss-reactive ketones (excluding diaryl/α,β-unsaturated/α-hetero) is 2. The minimum Gasteiger partial charge on any atom is -0.392 e. The number of azide groups is 2. The van der Waals surface area contributed by atoms with E-state index in [1.54, 1.807) is 0 Å². The van der Waals surface area contributed by atoms with Crippen molar-refractivity contribution < 1.29 is 46.4 Å². The fourth-order valence-electron chi connectivity index (χ4n) is 15.1. The van der Waals surface area contributed by atoms with Crippen LogP contribution in [0.15, 0.2) is 10.2 Å². The molecule has 0 aromatic rings. The van der Waals surface area contributed by atoms with Crippen molar-refractivity contribution in [2.75, 3.05) is 12.5 Å². The zero-order chi connectivity index (χ0) is 48.7. The van der Waals surface area contributed by atoms with Crippen molar-refractivity contribution in [1.82, 2.24) is 0 Å². The number of hydrogen-bond donors (Lipinski definition) is 4. The Kier molecular flexibility index (Phi) is 18.0. The van der Waals surface area contributed by atoms with Crippen LogP contribution < -0.4 is 11.5 Å². The molecule has 0 amide bonds. The first-order chi connectivity index (χ1) is 31.7. The maximum absolute atomic E-state index is 11.4. The van der Waals surface area contributed by atoms with Gasteiger partial charge in [-0.15, -0.1) is 0 Å². The average molecular weight is 983 g/mol. The van der Waals surface area contributed by atoms with Gasteiger partial charge in [-0.3, -0.25) is 18.0 Å². The molecule has 0 saturated heterocycles. The summed E-state index contributed by atoms with van der Waals surface area (Å²) in [5.41, 5.74) is 28.6. The lowest BCUT2D eigenvalue weighted by Gasteiger charge is -2.35. The van der Waals surface area contributed by atoms with E-state index in [0.29, 0.717) is 43.2 Å². The number of rotatable bonds is 6. The number of ketones is 2. The summed E-state index contributed by atoms with van der Waals surface area (Å²) in [6, 6.07) is 0.890. The number of carbonyl (C=O) groups excluding carboxylic acids is 2.